The van der Waals surface area contributed by atoms with Gasteiger partial charge < -0.3 is 15.9 Å². The Bertz CT molecular complexity index is 162. The number of carbonyl (C=O) groups is 2. The molecule has 0 spiro atoms. The van der Waals surface area contributed by atoms with Crippen molar-refractivity contribution >= 4 is 23.7 Å². The predicted octanol–water partition coefficient (Wildman–Crippen LogP) is -0.148. The van der Waals surface area contributed by atoms with Gasteiger partial charge >= 0.3 is 11.9 Å². The van der Waals surface area contributed by atoms with Gasteiger partial charge in [-0.3, -0.25) is 9.59 Å². The van der Waals surface area contributed by atoms with Gasteiger partial charge in [0.05, 0.1) is 5.75 Å². The van der Waals surface area contributed by atoms with Crippen LogP contribution in [0.5, 0.6) is 0 Å². The minimum absolute atomic E-state index is 0. The molecule has 12 heavy (non-hydrogen) atoms. The first-order chi connectivity index (χ1) is 5.04. The first-order valence-corrected chi connectivity index (χ1v) is 3.97. The molecule has 0 heterocycles. The lowest BCUT2D eigenvalue weighted by Gasteiger charge is -2.02. The minimum atomic E-state index is -1.11. The number of aliphatic carboxylic acids is 2. The summed E-state index contributed by atoms with van der Waals surface area (Å²) in [6.45, 7) is 0. The largest absolute Gasteiger partial charge is 0.481 e. The maximum atomic E-state index is 10.1. The summed E-state index contributed by atoms with van der Waals surface area (Å²) in [5.74, 6) is -2.06. The highest BCUT2D eigenvalue weighted by atomic mass is 32.2. The third-order valence-electron chi connectivity index (χ3n) is 0.840. The lowest BCUT2D eigenvalue weighted by molar-refractivity contribution is -0.138. The van der Waals surface area contributed by atoms with Gasteiger partial charge in [0.25, 0.3) is 0 Å². The van der Waals surface area contributed by atoms with Crippen LogP contribution in [0.2, 0.25) is 0 Å². The van der Waals surface area contributed by atoms with Crippen LogP contribution in [0.25, 0.3) is 0 Å². The predicted molar refractivity (Wildman–Crippen MR) is 47.3 cm³/mol. The molecule has 0 aromatic carbocycles. The SMILES string of the molecule is C.N[C@@H](CSCC(=O)O)C(=O)O. The van der Waals surface area contributed by atoms with Crippen LogP contribution in [-0.4, -0.2) is 39.7 Å². The maximum Gasteiger partial charge on any atom is 0.321 e. The molecule has 0 aromatic heterocycles. The first-order valence-electron chi connectivity index (χ1n) is 2.82. The van der Waals surface area contributed by atoms with E-state index >= 15 is 0 Å². The fraction of sp³-hybridized carbons (Fsp3) is 0.667. The van der Waals surface area contributed by atoms with Gasteiger partial charge in [0, 0.05) is 5.75 Å². The molecule has 0 aliphatic heterocycles. The Morgan fingerprint density at radius 1 is 1.42 bits per heavy atom. The Kier molecular flexibility index (Phi) is 7.98. The van der Waals surface area contributed by atoms with Crippen molar-refractivity contribution in [3.05, 3.63) is 0 Å². The van der Waals surface area contributed by atoms with Gasteiger partial charge in [-0.2, -0.15) is 0 Å². The number of carboxylic acid groups (broad SMARTS) is 2. The molecule has 0 amide bonds. The first kappa shape index (κ1) is 13.8. The highest BCUT2D eigenvalue weighted by molar-refractivity contribution is 8.00. The average Bonchev–Trinajstić information content (AvgIpc) is 1.86. The Balaban J connectivity index is 0. The highest BCUT2D eigenvalue weighted by Crippen LogP contribution is 2.00. The van der Waals surface area contributed by atoms with Gasteiger partial charge in [-0.05, 0) is 0 Å². The van der Waals surface area contributed by atoms with E-state index in [4.69, 9.17) is 15.9 Å². The molecule has 0 radical (unpaired) electrons. The van der Waals surface area contributed by atoms with E-state index in [1.807, 2.05) is 0 Å². The second-order valence-corrected chi connectivity index (χ2v) is 2.88. The molecule has 0 fully saturated rings. The number of nitrogens with two attached hydrogens (primary N) is 1. The zero-order chi connectivity index (χ0) is 8.85. The van der Waals surface area contributed by atoms with E-state index in [-0.39, 0.29) is 18.9 Å². The van der Waals surface area contributed by atoms with Gasteiger partial charge in [0.2, 0.25) is 0 Å². The van der Waals surface area contributed by atoms with Crippen LogP contribution in [0.15, 0.2) is 0 Å². The fourth-order valence-electron chi connectivity index (χ4n) is 0.344. The summed E-state index contributed by atoms with van der Waals surface area (Å²) in [5, 5.41) is 16.4. The van der Waals surface area contributed by atoms with Crippen molar-refractivity contribution < 1.29 is 19.8 Å². The van der Waals surface area contributed by atoms with Crippen LogP contribution in [-0.2, 0) is 9.59 Å². The average molecular weight is 195 g/mol. The monoisotopic (exact) mass is 195 g/mol. The van der Waals surface area contributed by atoms with Crippen molar-refractivity contribution in [3.63, 3.8) is 0 Å². The number of hydrogen-bond donors (Lipinski definition) is 3. The summed E-state index contributed by atoms with van der Waals surface area (Å²) in [6.07, 6.45) is 0. The summed E-state index contributed by atoms with van der Waals surface area (Å²) >= 11 is 0.992. The van der Waals surface area contributed by atoms with E-state index in [1.165, 1.54) is 0 Å². The third-order valence-corrected chi connectivity index (χ3v) is 1.89. The molecule has 72 valence electrons. The number of hydrogen-bond acceptors (Lipinski definition) is 4. The standard InChI is InChI=1S/C5H9NO4S.CH4/c6-3(5(9)10)1-11-2-4(7)8;/h3H,1-2,6H2,(H,7,8)(H,9,10);1H4/t3-;/m0./s1. The van der Waals surface area contributed by atoms with E-state index in [1.54, 1.807) is 0 Å². The highest BCUT2D eigenvalue weighted by Gasteiger charge is 2.11. The number of thioether (sulfide) groups is 1. The molecule has 4 N–H and O–H groups in total. The van der Waals surface area contributed by atoms with E-state index in [9.17, 15) is 9.59 Å². The van der Waals surface area contributed by atoms with Crippen LogP contribution < -0.4 is 5.73 Å². The van der Waals surface area contributed by atoms with Gasteiger partial charge in [-0.1, -0.05) is 7.43 Å². The Morgan fingerprint density at radius 2 is 1.92 bits per heavy atom. The Morgan fingerprint density at radius 3 is 2.25 bits per heavy atom. The topological polar surface area (TPSA) is 101 Å². The summed E-state index contributed by atoms with van der Waals surface area (Å²) in [4.78, 5) is 20.0. The van der Waals surface area contributed by atoms with Crippen molar-refractivity contribution in [2.24, 2.45) is 5.73 Å². The van der Waals surface area contributed by atoms with Gasteiger partial charge in [0.15, 0.2) is 0 Å². The molecule has 0 aliphatic rings. The van der Waals surface area contributed by atoms with Gasteiger partial charge in [-0.15, -0.1) is 11.8 Å². The molecule has 1 atom stereocenters. The van der Waals surface area contributed by atoms with E-state index < -0.39 is 18.0 Å². The summed E-state index contributed by atoms with van der Waals surface area (Å²) in [7, 11) is 0. The quantitative estimate of drug-likeness (QED) is 0.564. The molecule has 0 unspecified atom stereocenters. The molecule has 0 saturated heterocycles. The normalized spacial score (nSPS) is 11.4. The van der Waals surface area contributed by atoms with E-state index in [2.05, 4.69) is 0 Å². The zero-order valence-corrected chi connectivity index (χ0v) is 6.50. The van der Waals surface area contributed by atoms with E-state index in [0.29, 0.717) is 0 Å². The van der Waals surface area contributed by atoms with Crippen molar-refractivity contribution in [2.75, 3.05) is 11.5 Å². The maximum absolute atomic E-state index is 10.1. The summed E-state index contributed by atoms with van der Waals surface area (Å²) < 4.78 is 0. The van der Waals surface area contributed by atoms with Crippen molar-refractivity contribution in [1.82, 2.24) is 0 Å². The van der Waals surface area contributed by atoms with Crippen LogP contribution in [0, 0.1) is 0 Å². The molecule has 0 rings (SSSR count). The second kappa shape index (κ2) is 6.93. The lowest BCUT2D eigenvalue weighted by Crippen LogP contribution is -2.32. The number of carboxylic acids is 2. The second-order valence-electron chi connectivity index (χ2n) is 1.85. The van der Waals surface area contributed by atoms with Crippen LogP contribution in [0.3, 0.4) is 0 Å². The molecule has 0 bridgehead atoms. The van der Waals surface area contributed by atoms with E-state index in [0.717, 1.165) is 11.8 Å². The van der Waals surface area contributed by atoms with Crippen molar-refractivity contribution in [2.45, 2.75) is 13.5 Å². The molecule has 5 nitrogen and oxygen atoms in total. The smallest absolute Gasteiger partial charge is 0.321 e. The zero-order valence-electron chi connectivity index (χ0n) is 5.69. The third kappa shape index (κ3) is 7.36. The summed E-state index contributed by atoms with van der Waals surface area (Å²) in [6, 6.07) is -0.973. The molecule has 0 aromatic rings. The van der Waals surface area contributed by atoms with Crippen LogP contribution in [0.1, 0.15) is 7.43 Å². The molecule has 0 aliphatic carbocycles. The van der Waals surface area contributed by atoms with Gasteiger partial charge in [-0.25, -0.2) is 0 Å². The lowest BCUT2D eigenvalue weighted by atomic mass is 10.4. The van der Waals surface area contributed by atoms with Crippen LogP contribution >= 0.6 is 11.8 Å². The number of rotatable bonds is 5. The van der Waals surface area contributed by atoms with Crippen molar-refractivity contribution in [1.29, 1.82) is 0 Å². The molecular weight excluding hydrogens is 182 g/mol. The van der Waals surface area contributed by atoms with Gasteiger partial charge in [0.1, 0.15) is 6.04 Å². The fourth-order valence-corrected chi connectivity index (χ4v) is 1.03. The molecule has 0 saturated carbocycles. The summed E-state index contributed by atoms with van der Waals surface area (Å²) in [5.41, 5.74) is 5.09. The molecule has 6 heteroatoms. The molecular formula is C6H13NO4S. The van der Waals surface area contributed by atoms with Crippen molar-refractivity contribution in [3.8, 4) is 0 Å². The Hall–Kier alpha value is -0.750. The van der Waals surface area contributed by atoms with Crippen LogP contribution in [0.4, 0.5) is 0 Å². The Labute approximate surface area is 74.9 Å². The minimum Gasteiger partial charge on any atom is -0.481 e.